The summed E-state index contributed by atoms with van der Waals surface area (Å²) in [5, 5.41) is 13.8. The van der Waals surface area contributed by atoms with Crippen LogP contribution >= 0.6 is 0 Å². The standard InChI is InChI=1S/C22H21N5O3/c1-14(2)30-20-5-4-15(10-23)8-18(20)22(28)26-11-16-12-27(25-19(16)13-26)17-6-7-24-21(9-17)29-3/h4-9,12,14H,11,13H2,1-3H3. The van der Waals surface area contributed by atoms with Crippen molar-refractivity contribution in [3.05, 3.63) is 65.1 Å². The molecule has 0 saturated heterocycles. The van der Waals surface area contributed by atoms with Crippen LogP contribution in [0.3, 0.4) is 0 Å². The van der Waals surface area contributed by atoms with Gasteiger partial charge in [-0.1, -0.05) is 0 Å². The lowest BCUT2D eigenvalue weighted by Crippen LogP contribution is -2.27. The molecule has 0 saturated carbocycles. The summed E-state index contributed by atoms with van der Waals surface area (Å²) in [4.78, 5) is 19.0. The van der Waals surface area contributed by atoms with E-state index in [9.17, 15) is 10.1 Å². The van der Waals surface area contributed by atoms with Crippen LogP contribution in [0.2, 0.25) is 0 Å². The molecular weight excluding hydrogens is 382 g/mol. The summed E-state index contributed by atoms with van der Waals surface area (Å²) in [5.74, 6) is 0.806. The van der Waals surface area contributed by atoms with Crippen molar-refractivity contribution in [1.29, 1.82) is 5.26 Å². The Hall–Kier alpha value is -3.86. The average molecular weight is 403 g/mol. The van der Waals surface area contributed by atoms with Crippen LogP contribution in [-0.2, 0) is 13.1 Å². The van der Waals surface area contributed by atoms with Gasteiger partial charge in [-0.05, 0) is 38.1 Å². The third-order valence-electron chi connectivity index (χ3n) is 4.76. The number of aromatic nitrogens is 3. The van der Waals surface area contributed by atoms with E-state index in [2.05, 4.69) is 16.2 Å². The minimum atomic E-state index is -0.183. The molecule has 0 unspecified atom stereocenters. The second-order valence-electron chi connectivity index (χ2n) is 7.25. The quantitative estimate of drug-likeness (QED) is 0.650. The highest BCUT2D eigenvalue weighted by atomic mass is 16.5. The minimum Gasteiger partial charge on any atom is -0.490 e. The Bertz CT molecular complexity index is 1120. The lowest BCUT2D eigenvalue weighted by molar-refractivity contribution is 0.0743. The lowest BCUT2D eigenvalue weighted by atomic mass is 10.1. The molecule has 1 aliphatic rings. The van der Waals surface area contributed by atoms with Gasteiger partial charge < -0.3 is 14.4 Å². The zero-order chi connectivity index (χ0) is 21.3. The minimum absolute atomic E-state index is 0.0829. The molecule has 1 aromatic carbocycles. The van der Waals surface area contributed by atoms with E-state index in [1.807, 2.05) is 26.1 Å². The van der Waals surface area contributed by atoms with Gasteiger partial charge in [0.2, 0.25) is 5.88 Å². The molecule has 0 aliphatic carbocycles. The number of amides is 1. The van der Waals surface area contributed by atoms with Crippen LogP contribution in [0.1, 0.15) is 41.0 Å². The molecular formula is C22H21N5O3. The summed E-state index contributed by atoms with van der Waals surface area (Å²) in [6, 6.07) is 10.6. The fraction of sp³-hybridized carbons (Fsp3) is 0.273. The average Bonchev–Trinajstić information content (AvgIpc) is 3.32. The molecule has 8 heteroatoms. The zero-order valence-corrected chi connectivity index (χ0v) is 17.0. The van der Waals surface area contributed by atoms with E-state index in [1.54, 1.807) is 47.2 Å². The number of benzene rings is 1. The van der Waals surface area contributed by atoms with E-state index in [0.717, 1.165) is 16.9 Å². The fourth-order valence-corrected chi connectivity index (χ4v) is 3.38. The van der Waals surface area contributed by atoms with Crippen LogP contribution in [0.25, 0.3) is 5.69 Å². The molecule has 4 rings (SSSR count). The summed E-state index contributed by atoms with van der Waals surface area (Å²) in [5.41, 5.74) is 3.45. The number of pyridine rings is 1. The Kier molecular flexibility index (Phi) is 5.11. The Morgan fingerprint density at radius 2 is 2.07 bits per heavy atom. The zero-order valence-electron chi connectivity index (χ0n) is 17.0. The van der Waals surface area contributed by atoms with Crippen LogP contribution in [-0.4, -0.2) is 38.8 Å². The van der Waals surface area contributed by atoms with E-state index in [1.165, 1.54) is 0 Å². The van der Waals surface area contributed by atoms with E-state index < -0.39 is 0 Å². The van der Waals surface area contributed by atoms with Gasteiger partial charge in [0.25, 0.3) is 5.91 Å². The second-order valence-corrected chi connectivity index (χ2v) is 7.25. The monoisotopic (exact) mass is 403 g/mol. The van der Waals surface area contributed by atoms with Gasteiger partial charge in [-0.15, -0.1) is 0 Å². The second kappa shape index (κ2) is 7.87. The topological polar surface area (TPSA) is 93.3 Å². The van der Waals surface area contributed by atoms with Crippen molar-refractivity contribution >= 4 is 5.91 Å². The maximum Gasteiger partial charge on any atom is 0.258 e. The first-order valence-corrected chi connectivity index (χ1v) is 9.56. The number of carbonyl (C=O) groups is 1. The predicted octanol–water partition coefficient (Wildman–Crippen LogP) is 3.09. The molecule has 0 bridgehead atoms. The van der Waals surface area contributed by atoms with E-state index >= 15 is 0 Å². The number of rotatable bonds is 5. The Morgan fingerprint density at radius 1 is 1.23 bits per heavy atom. The smallest absolute Gasteiger partial charge is 0.258 e. The number of nitrogens with zero attached hydrogens (tertiary/aromatic N) is 5. The van der Waals surface area contributed by atoms with Gasteiger partial charge in [0.05, 0.1) is 48.3 Å². The van der Waals surface area contributed by atoms with Crippen LogP contribution in [0.15, 0.2) is 42.7 Å². The number of hydrogen-bond donors (Lipinski definition) is 0. The van der Waals surface area contributed by atoms with Gasteiger partial charge in [0.1, 0.15) is 5.75 Å². The van der Waals surface area contributed by atoms with Crippen molar-refractivity contribution in [2.45, 2.75) is 33.0 Å². The van der Waals surface area contributed by atoms with Crippen LogP contribution in [0.4, 0.5) is 0 Å². The molecule has 3 heterocycles. The van der Waals surface area contributed by atoms with Gasteiger partial charge >= 0.3 is 0 Å². The largest absolute Gasteiger partial charge is 0.490 e. The molecule has 0 radical (unpaired) electrons. The van der Waals surface area contributed by atoms with E-state index in [-0.39, 0.29) is 12.0 Å². The summed E-state index contributed by atoms with van der Waals surface area (Å²) < 4.78 is 12.7. The third-order valence-corrected chi connectivity index (χ3v) is 4.76. The molecule has 0 fully saturated rings. The lowest BCUT2D eigenvalue weighted by Gasteiger charge is -2.19. The van der Waals surface area contributed by atoms with Gasteiger partial charge in [-0.2, -0.15) is 10.4 Å². The molecule has 1 amide bonds. The van der Waals surface area contributed by atoms with Gasteiger partial charge in [-0.25, -0.2) is 9.67 Å². The van der Waals surface area contributed by atoms with Crippen LogP contribution in [0, 0.1) is 11.3 Å². The van der Waals surface area contributed by atoms with E-state index in [4.69, 9.17) is 9.47 Å². The Morgan fingerprint density at radius 3 is 2.77 bits per heavy atom. The van der Waals surface area contributed by atoms with Gasteiger partial charge in [-0.3, -0.25) is 4.79 Å². The summed E-state index contributed by atoms with van der Waals surface area (Å²) in [6.07, 6.45) is 3.49. The van der Waals surface area contributed by atoms with Crippen molar-refractivity contribution in [3.8, 4) is 23.4 Å². The number of ether oxygens (including phenoxy) is 2. The van der Waals surface area contributed by atoms with Crippen molar-refractivity contribution in [3.63, 3.8) is 0 Å². The van der Waals surface area contributed by atoms with Crippen molar-refractivity contribution < 1.29 is 14.3 Å². The highest BCUT2D eigenvalue weighted by Gasteiger charge is 2.29. The molecule has 0 spiro atoms. The number of fused-ring (bicyclic) bond motifs is 1. The normalized spacial score (nSPS) is 12.6. The fourth-order valence-electron chi connectivity index (χ4n) is 3.38. The summed E-state index contributed by atoms with van der Waals surface area (Å²) in [7, 11) is 1.57. The number of nitriles is 1. The van der Waals surface area contributed by atoms with Gasteiger partial charge in [0, 0.05) is 30.6 Å². The molecule has 0 atom stereocenters. The molecule has 2 aromatic heterocycles. The molecule has 3 aromatic rings. The Labute approximate surface area is 174 Å². The Balaban J connectivity index is 1.57. The van der Waals surface area contributed by atoms with Crippen LogP contribution in [0.5, 0.6) is 11.6 Å². The molecule has 0 N–H and O–H groups in total. The van der Waals surface area contributed by atoms with Crippen LogP contribution < -0.4 is 9.47 Å². The number of carbonyl (C=O) groups excluding carboxylic acids is 1. The van der Waals surface area contributed by atoms with Crippen molar-refractivity contribution in [2.24, 2.45) is 0 Å². The van der Waals surface area contributed by atoms with Crippen molar-refractivity contribution in [2.75, 3.05) is 7.11 Å². The highest BCUT2D eigenvalue weighted by Crippen LogP contribution is 2.29. The first kappa shape index (κ1) is 19.5. The maximum atomic E-state index is 13.2. The first-order valence-electron chi connectivity index (χ1n) is 9.56. The van der Waals surface area contributed by atoms with Gasteiger partial charge in [0.15, 0.2) is 0 Å². The number of hydrogen-bond acceptors (Lipinski definition) is 6. The molecule has 8 nitrogen and oxygen atoms in total. The summed E-state index contributed by atoms with van der Waals surface area (Å²) in [6.45, 7) is 4.62. The van der Waals surface area contributed by atoms with E-state index in [0.29, 0.717) is 35.8 Å². The predicted molar refractivity (Wildman–Crippen MR) is 108 cm³/mol. The molecule has 152 valence electrons. The maximum absolute atomic E-state index is 13.2. The third kappa shape index (κ3) is 3.70. The SMILES string of the molecule is COc1cc(-n2cc3c(n2)CN(C(=O)c2cc(C#N)ccc2OC(C)C)C3)ccn1. The highest BCUT2D eigenvalue weighted by molar-refractivity contribution is 5.97. The molecule has 30 heavy (non-hydrogen) atoms. The van der Waals surface area contributed by atoms with Crippen molar-refractivity contribution in [1.82, 2.24) is 19.7 Å². The number of methoxy groups -OCH3 is 1. The molecule has 1 aliphatic heterocycles. The summed E-state index contributed by atoms with van der Waals surface area (Å²) >= 11 is 0. The first-order chi connectivity index (χ1) is 14.5.